The molecule has 3 rings (SSSR count). The Kier molecular flexibility index (Phi) is 5.36. The van der Waals surface area contributed by atoms with E-state index in [9.17, 15) is 0 Å². The normalized spacial score (nSPS) is 18.6. The van der Waals surface area contributed by atoms with Gasteiger partial charge in [-0.3, -0.25) is 0 Å². The molecule has 0 saturated carbocycles. The summed E-state index contributed by atoms with van der Waals surface area (Å²) in [6.07, 6.45) is 3.69. The van der Waals surface area contributed by atoms with Crippen molar-refractivity contribution in [2.75, 3.05) is 19.0 Å². The monoisotopic (exact) mass is 298 g/mol. The number of ether oxygens (including phenoxy) is 1. The van der Waals surface area contributed by atoms with E-state index in [1.54, 1.807) is 0 Å². The summed E-state index contributed by atoms with van der Waals surface area (Å²) in [5.41, 5.74) is 4.02. The van der Waals surface area contributed by atoms with E-state index < -0.39 is 0 Å². The number of aryl methyl sites for hydroxylation is 1. The Morgan fingerprint density at radius 3 is 2.43 bits per heavy atom. The summed E-state index contributed by atoms with van der Waals surface area (Å²) in [5, 5.41) is 0.711. The van der Waals surface area contributed by atoms with Gasteiger partial charge in [0, 0.05) is 11.9 Å². The molecule has 1 unspecified atom stereocenters. The highest BCUT2D eigenvalue weighted by atomic mass is 32.2. The molecule has 1 aliphatic rings. The average molecular weight is 298 g/mol. The molecule has 1 nitrogen and oxygen atoms in total. The molecule has 0 amide bonds. The minimum atomic E-state index is 0.711. The first-order valence-electron chi connectivity index (χ1n) is 7.75. The Morgan fingerprint density at radius 1 is 0.952 bits per heavy atom. The van der Waals surface area contributed by atoms with Crippen LogP contribution in [0.25, 0.3) is 11.1 Å². The fourth-order valence-corrected chi connectivity index (χ4v) is 3.89. The van der Waals surface area contributed by atoms with Gasteiger partial charge < -0.3 is 4.74 Å². The number of benzene rings is 2. The largest absolute Gasteiger partial charge is 0.380 e. The topological polar surface area (TPSA) is 9.23 Å². The van der Waals surface area contributed by atoms with Crippen LogP contribution in [0.15, 0.2) is 54.6 Å². The van der Waals surface area contributed by atoms with Crippen molar-refractivity contribution >= 4 is 11.8 Å². The van der Waals surface area contributed by atoms with E-state index in [0.717, 1.165) is 19.6 Å². The summed E-state index contributed by atoms with van der Waals surface area (Å²) >= 11 is 2.07. The molecule has 21 heavy (non-hydrogen) atoms. The first-order chi connectivity index (χ1) is 10.4. The van der Waals surface area contributed by atoms with Gasteiger partial charge >= 0.3 is 0 Å². The van der Waals surface area contributed by atoms with Crippen LogP contribution < -0.4 is 0 Å². The molecule has 0 aliphatic carbocycles. The van der Waals surface area contributed by atoms with E-state index in [2.05, 4.69) is 66.4 Å². The lowest BCUT2D eigenvalue weighted by atomic mass is 10.0. The Bertz CT molecular complexity index is 529. The second-order valence-corrected chi connectivity index (χ2v) is 6.93. The molecule has 2 heteroatoms. The van der Waals surface area contributed by atoms with Crippen LogP contribution in [0.5, 0.6) is 0 Å². The van der Waals surface area contributed by atoms with Gasteiger partial charge in [0.1, 0.15) is 0 Å². The predicted molar refractivity (Wildman–Crippen MR) is 91.9 cm³/mol. The van der Waals surface area contributed by atoms with Crippen molar-refractivity contribution < 1.29 is 4.74 Å². The lowest BCUT2D eigenvalue weighted by molar-refractivity contribution is 0.101. The van der Waals surface area contributed by atoms with Crippen LogP contribution >= 0.6 is 11.8 Å². The Hall–Kier alpha value is -1.25. The number of hydrogen-bond acceptors (Lipinski definition) is 2. The minimum Gasteiger partial charge on any atom is -0.380 e. The molecule has 0 spiro atoms. The summed E-state index contributed by atoms with van der Waals surface area (Å²) in [5.74, 6) is 1.19. The van der Waals surface area contributed by atoms with Gasteiger partial charge in [-0.15, -0.1) is 0 Å². The quantitative estimate of drug-likeness (QED) is 0.783. The summed E-state index contributed by atoms with van der Waals surface area (Å²) in [6, 6.07) is 19.6. The highest BCUT2D eigenvalue weighted by Gasteiger charge is 2.13. The maximum Gasteiger partial charge on any atom is 0.0585 e. The van der Waals surface area contributed by atoms with Crippen LogP contribution in [0.1, 0.15) is 18.4 Å². The molecule has 0 N–H and O–H groups in total. The Morgan fingerprint density at radius 2 is 1.71 bits per heavy atom. The smallest absolute Gasteiger partial charge is 0.0585 e. The van der Waals surface area contributed by atoms with Crippen LogP contribution in [-0.4, -0.2) is 24.2 Å². The standard InChI is InChI=1S/C19H22OS/c1-2-5-17(6-3-1)18-10-8-16(9-11-18)12-14-21-19-7-4-13-20-15-19/h1-3,5-6,8-11,19H,4,7,12-15H2. The molecule has 0 bridgehead atoms. The van der Waals surface area contributed by atoms with Crippen LogP contribution in [0.4, 0.5) is 0 Å². The number of rotatable bonds is 5. The fourth-order valence-electron chi connectivity index (χ4n) is 2.68. The molecule has 0 radical (unpaired) electrons. The lowest BCUT2D eigenvalue weighted by Crippen LogP contribution is -2.19. The molecular formula is C19H22OS. The van der Waals surface area contributed by atoms with Crippen molar-refractivity contribution in [1.29, 1.82) is 0 Å². The third-order valence-corrected chi connectivity index (χ3v) is 5.21. The molecule has 1 fully saturated rings. The molecule has 110 valence electrons. The van der Waals surface area contributed by atoms with Gasteiger partial charge in [-0.2, -0.15) is 11.8 Å². The van der Waals surface area contributed by atoms with Crippen molar-refractivity contribution in [3.8, 4) is 11.1 Å². The first kappa shape index (κ1) is 14.7. The van der Waals surface area contributed by atoms with E-state index in [1.807, 2.05) is 0 Å². The molecule has 1 aliphatic heterocycles. The zero-order chi connectivity index (χ0) is 14.3. The van der Waals surface area contributed by atoms with Crippen molar-refractivity contribution in [1.82, 2.24) is 0 Å². The Balaban J connectivity index is 1.50. The third kappa shape index (κ3) is 4.36. The van der Waals surface area contributed by atoms with Gasteiger partial charge in [-0.05, 0) is 41.7 Å². The van der Waals surface area contributed by atoms with Gasteiger partial charge in [-0.1, -0.05) is 54.6 Å². The van der Waals surface area contributed by atoms with Gasteiger partial charge in [0.05, 0.1) is 6.61 Å². The average Bonchev–Trinajstić information content (AvgIpc) is 2.57. The van der Waals surface area contributed by atoms with E-state index in [0.29, 0.717) is 5.25 Å². The molecule has 2 aromatic carbocycles. The van der Waals surface area contributed by atoms with E-state index in [4.69, 9.17) is 4.74 Å². The number of thioether (sulfide) groups is 1. The first-order valence-corrected chi connectivity index (χ1v) is 8.80. The van der Waals surface area contributed by atoms with E-state index in [-0.39, 0.29) is 0 Å². The molecule has 2 aromatic rings. The molecule has 1 atom stereocenters. The summed E-state index contributed by atoms with van der Waals surface area (Å²) in [4.78, 5) is 0. The highest BCUT2D eigenvalue weighted by Crippen LogP contribution is 2.23. The summed E-state index contributed by atoms with van der Waals surface area (Å²) in [7, 11) is 0. The SMILES string of the molecule is c1ccc(-c2ccc(CCSC3CCCOC3)cc2)cc1. The van der Waals surface area contributed by atoms with Crippen LogP contribution in [0, 0.1) is 0 Å². The molecule has 1 saturated heterocycles. The molecule has 0 aromatic heterocycles. The zero-order valence-corrected chi connectivity index (χ0v) is 13.1. The maximum atomic E-state index is 5.53. The highest BCUT2D eigenvalue weighted by molar-refractivity contribution is 7.99. The summed E-state index contributed by atoms with van der Waals surface area (Å²) < 4.78 is 5.53. The molecular weight excluding hydrogens is 276 g/mol. The van der Waals surface area contributed by atoms with Crippen molar-refractivity contribution in [3.05, 3.63) is 60.2 Å². The fraction of sp³-hybridized carbons (Fsp3) is 0.368. The van der Waals surface area contributed by atoms with Crippen LogP contribution in [-0.2, 0) is 11.2 Å². The van der Waals surface area contributed by atoms with Crippen LogP contribution in [0.2, 0.25) is 0 Å². The lowest BCUT2D eigenvalue weighted by Gasteiger charge is -2.21. The van der Waals surface area contributed by atoms with Gasteiger partial charge in [0.2, 0.25) is 0 Å². The molecule has 1 heterocycles. The van der Waals surface area contributed by atoms with Gasteiger partial charge in [0.25, 0.3) is 0 Å². The zero-order valence-electron chi connectivity index (χ0n) is 12.3. The second-order valence-electron chi connectivity index (χ2n) is 5.52. The van der Waals surface area contributed by atoms with E-state index >= 15 is 0 Å². The van der Waals surface area contributed by atoms with Crippen molar-refractivity contribution in [2.45, 2.75) is 24.5 Å². The third-order valence-electron chi connectivity index (χ3n) is 3.92. The van der Waals surface area contributed by atoms with E-state index in [1.165, 1.54) is 35.3 Å². The van der Waals surface area contributed by atoms with Crippen LogP contribution in [0.3, 0.4) is 0 Å². The van der Waals surface area contributed by atoms with Gasteiger partial charge in [-0.25, -0.2) is 0 Å². The predicted octanol–water partition coefficient (Wildman–Crippen LogP) is 4.81. The van der Waals surface area contributed by atoms with Gasteiger partial charge in [0.15, 0.2) is 0 Å². The second kappa shape index (κ2) is 7.67. The summed E-state index contributed by atoms with van der Waals surface area (Å²) in [6.45, 7) is 1.90. The maximum absolute atomic E-state index is 5.53. The van der Waals surface area contributed by atoms with Crippen molar-refractivity contribution in [2.24, 2.45) is 0 Å². The number of hydrogen-bond donors (Lipinski definition) is 0. The Labute approximate surface area is 131 Å². The minimum absolute atomic E-state index is 0.711. The van der Waals surface area contributed by atoms with Crippen molar-refractivity contribution in [3.63, 3.8) is 0 Å².